The maximum absolute atomic E-state index is 10.9. The van der Waals surface area contributed by atoms with Gasteiger partial charge in [-0.3, -0.25) is 10.1 Å². The van der Waals surface area contributed by atoms with Gasteiger partial charge in [0.25, 0.3) is 0 Å². The van der Waals surface area contributed by atoms with Crippen LogP contribution in [0.4, 0.5) is 0 Å². The second kappa shape index (κ2) is 7.99. The molecule has 0 saturated heterocycles. The lowest BCUT2D eigenvalue weighted by atomic mass is 10.2. The molecule has 7 heteroatoms. The molecule has 0 saturated carbocycles. The Hall–Kier alpha value is -1.18. The van der Waals surface area contributed by atoms with E-state index in [9.17, 15) is 14.7 Å². The number of hydrogen-bond donors (Lipinski definition) is 4. The number of amides is 1. The number of hydrogen-bond acceptors (Lipinski definition) is 5. The molecule has 0 aliphatic rings. The van der Waals surface area contributed by atoms with Crippen molar-refractivity contribution in [2.75, 3.05) is 13.2 Å². The summed E-state index contributed by atoms with van der Waals surface area (Å²) in [6.07, 6.45) is 3.52. The minimum Gasteiger partial charge on any atom is -0.476 e. The summed E-state index contributed by atoms with van der Waals surface area (Å²) in [6.45, 7) is 1.67. The predicted molar refractivity (Wildman–Crippen MR) is 59.9 cm³/mol. The van der Waals surface area contributed by atoms with E-state index in [1.54, 1.807) is 5.32 Å². The van der Waals surface area contributed by atoms with Crippen LogP contribution in [-0.4, -0.2) is 41.2 Å². The van der Waals surface area contributed by atoms with E-state index in [2.05, 4.69) is 0 Å². The largest absolute Gasteiger partial charge is 0.476 e. The number of carbonyl (C=O) groups is 2. The van der Waals surface area contributed by atoms with Crippen molar-refractivity contribution in [3.8, 4) is 0 Å². The van der Waals surface area contributed by atoms with E-state index in [0.717, 1.165) is 19.3 Å². The summed E-state index contributed by atoms with van der Waals surface area (Å²) in [5.74, 6) is -5.17. The predicted octanol–water partition coefficient (Wildman–Crippen LogP) is -0.611. The molecule has 1 amide bonds. The molecule has 5 N–H and O–H groups in total. The maximum atomic E-state index is 10.9. The molecule has 0 bridgehead atoms. The van der Waals surface area contributed by atoms with Crippen molar-refractivity contribution in [2.45, 2.75) is 38.5 Å². The Bertz CT molecular complexity index is 259. The molecule has 0 heterocycles. The van der Waals surface area contributed by atoms with Crippen LogP contribution in [0.1, 0.15) is 32.6 Å². The summed E-state index contributed by atoms with van der Waals surface area (Å²) in [7, 11) is 0. The Morgan fingerprint density at radius 3 is 2.47 bits per heavy atom. The first-order valence-electron chi connectivity index (χ1n) is 5.57. The van der Waals surface area contributed by atoms with Crippen LogP contribution in [0.3, 0.4) is 0 Å². The molecule has 0 aromatic rings. The van der Waals surface area contributed by atoms with Crippen LogP contribution in [0.25, 0.3) is 0 Å². The molecule has 0 aliphatic heterocycles. The summed E-state index contributed by atoms with van der Waals surface area (Å²) in [6, 6.07) is 0. The Labute approximate surface area is 99.9 Å². The first-order chi connectivity index (χ1) is 7.96. The maximum Gasteiger partial charge on any atom is 0.387 e. The first-order valence-corrected chi connectivity index (χ1v) is 5.57. The zero-order valence-electron chi connectivity index (χ0n) is 9.94. The molecule has 17 heavy (non-hydrogen) atoms. The van der Waals surface area contributed by atoms with Gasteiger partial charge in [-0.1, -0.05) is 26.2 Å². The summed E-state index contributed by atoms with van der Waals surface area (Å²) >= 11 is 0. The smallest absolute Gasteiger partial charge is 0.387 e. The number of ether oxygens (including phenoxy) is 1. The van der Waals surface area contributed by atoms with Gasteiger partial charge in [0.2, 0.25) is 5.91 Å². The average molecular weight is 248 g/mol. The Kier molecular flexibility index (Phi) is 7.44. The summed E-state index contributed by atoms with van der Waals surface area (Å²) in [5.41, 5.74) is 5.00. The molecule has 0 rings (SSSR count). The Morgan fingerprint density at radius 1 is 1.35 bits per heavy atom. The monoisotopic (exact) mass is 248 g/mol. The minimum absolute atomic E-state index is 0.0493. The van der Waals surface area contributed by atoms with Crippen LogP contribution < -0.4 is 11.1 Å². The number of nitrogens with two attached hydrogens (primary N) is 1. The molecule has 1 atom stereocenters. The van der Waals surface area contributed by atoms with Crippen molar-refractivity contribution in [1.29, 1.82) is 0 Å². The molecule has 0 aliphatic carbocycles. The van der Waals surface area contributed by atoms with Gasteiger partial charge in [0.05, 0.1) is 13.2 Å². The molecule has 0 aromatic heterocycles. The van der Waals surface area contributed by atoms with Gasteiger partial charge in [0.1, 0.15) is 0 Å². The number of carboxylic acids is 1. The van der Waals surface area contributed by atoms with E-state index in [4.69, 9.17) is 15.6 Å². The highest BCUT2D eigenvalue weighted by Crippen LogP contribution is 2.06. The lowest BCUT2D eigenvalue weighted by Gasteiger charge is -2.24. The molecule has 0 aromatic carbocycles. The molecule has 1 unspecified atom stereocenters. The highest BCUT2D eigenvalue weighted by molar-refractivity contribution is 5.85. The Balaban J connectivity index is 4.13. The topological polar surface area (TPSA) is 122 Å². The zero-order chi connectivity index (χ0) is 13.3. The van der Waals surface area contributed by atoms with Crippen molar-refractivity contribution >= 4 is 11.9 Å². The molecular weight excluding hydrogens is 228 g/mol. The van der Waals surface area contributed by atoms with Crippen molar-refractivity contribution in [2.24, 2.45) is 5.73 Å². The van der Waals surface area contributed by atoms with Gasteiger partial charge in [0, 0.05) is 0 Å². The van der Waals surface area contributed by atoms with Crippen molar-refractivity contribution < 1.29 is 24.5 Å². The minimum atomic E-state index is -2.69. The van der Waals surface area contributed by atoms with E-state index in [0.29, 0.717) is 6.42 Å². The van der Waals surface area contributed by atoms with E-state index in [1.807, 2.05) is 6.92 Å². The van der Waals surface area contributed by atoms with E-state index in [1.165, 1.54) is 0 Å². The zero-order valence-corrected chi connectivity index (χ0v) is 9.94. The van der Waals surface area contributed by atoms with Crippen molar-refractivity contribution in [3.05, 3.63) is 0 Å². The van der Waals surface area contributed by atoms with Crippen LogP contribution in [0.2, 0.25) is 0 Å². The van der Waals surface area contributed by atoms with Gasteiger partial charge in [0.15, 0.2) is 0 Å². The van der Waals surface area contributed by atoms with Gasteiger partial charge in [-0.15, -0.1) is 0 Å². The molecule has 0 spiro atoms. The summed E-state index contributed by atoms with van der Waals surface area (Å²) < 4.78 is 4.78. The normalized spacial score (nSPS) is 14.1. The summed E-state index contributed by atoms with van der Waals surface area (Å²) in [4.78, 5) is 21.7. The number of aliphatic carboxylic acids is 1. The second-order valence-electron chi connectivity index (χ2n) is 3.61. The van der Waals surface area contributed by atoms with Crippen LogP contribution in [-0.2, 0) is 14.3 Å². The molecular formula is C10H20N2O5. The fourth-order valence-electron chi connectivity index (χ4n) is 1.14. The fourth-order valence-corrected chi connectivity index (χ4v) is 1.14. The summed E-state index contributed by atoms with van der Waals surface area (Å²) in [5, 5.41) is 20.1. The third kappa shape index (κ3) is 6.20. The SMILES string of the molecule is CCCCCCOC(O)(NC(=O)CN)C(=O)O. The average Bonchev–Trinajstić information content (AvgIpc) is 2.28. The number of carboxylic acid groups (broad SMARTS) is 1. The lowest BCUT2D eigenvalue weighted by molar-refractivity contribution is -0.236. The van der Waals surface area contributed by atoms with Gasteiger partial charge in [-0.25, -0.2) is 4.79 Å². The van der Waals surface area contributed by atoms with Crippen LogP contribution >= 0.6 is 0 Å². The molecule has 0 radical (unpaired) electrons. The van der Waals surface area contributed by atoms with Gasteiger partial charge < -0.3 is 20.7 Å². The third-order valence-electron chi connectivity index (χ3n) is 2.09. The number of nitrogens with one attached hydrogen (secondary N) is 1. The number of rotatable bonds is 9. The number of unbranched alkanes of at least 4 members (excludes halogenated alkanes) is 3. The van der Waals surface area contributed by atoms with Crippen molar-refractivity contribution in [1.82, 2.24) is 5.32 Å². The van der Waals surface area contributed by atoms with Gasteiger partial charge in [-0.05, 0) is 6.42 Å². The van der Waals surface area contributed by atoms with E-state index in [-0.39, 0.29) is 6.61 Å². The molecule has 100 valence electrons. The second-order valence-corrected chi connectivity index (χ2v) is 3.61. The fraction of sp³-hybridized carbons (Fsp3) is 0.800. The van der Waals surface area contributed by atoms with E-state index < -0.39 is 24.3 Å². The molecule has 7 nitrogen and oxygen atoms in total. The van der Waals surface area contributed by atoms with Crippen LogP contribution in [0, 0.1) is 0 Å². The van der Waals surface area contributed by atoms with Gasteiger partial charge in [-0.2, -0.15) is 0 Å². The molecule has 0 fully saturated rings. The third-order valence-corrected chi connectivity index (χ3v) is 2.09. The van der Waals surface area contributed by atoms with Crippen molar-refractivity contribution in [3.63, 3.8) is 0 Å². The highest BCUT2D eigenvalue weighted by atomic mass is 16.7. The standard InChI is InChI=1S/C10H20N2O5/c1-2-3-4-5-6-17-10(16,9(14)15)12-8(13)7-11/h16H,2-7,11H2,1H3,(H,12,13)(H,14,15). The van der Waals surface area contributed by atoms with Crippen LogP contribution in [0.5, 0.6) is 0 Å². The number of carbonyl (C=O) groups excluding carboxylic acids is 1. The number of aliphatic hydroxyl groups is 1. The Morgan fingerprint density at radius 2 is 2.00 bits per heavy atom. The van der Waals surface area contributed by atoms with Gasteiger partial charge >= 0.3 is 11.9 Å². The van der Waals surface area contributed by atoms with Crippen LogP contribution in [0.15, 0.2) is 0 Å². The quantitative estimate of drug-likeness (QED) is 0.319. The van der Waals surface area contributed by atoms with E-state index >= 15 is 0 Å². The highest BCUT2D eigenvalue weighted by Gasteiger charge is 2.39. The first kappa shape index (κ1) is 15.8. The lowest BCUT2D eigenvalue weighted by Crippen LogP contribution is -2.58.